The van der Waals surface area contributed by atoms with Gasteiger partial charge in [-0.3, -0.25) is 4.79 Å². The molecule has 0 radical (unpaired) electrons. The van der Waals surface area contributed by atoms with E-state index in [1.807, 2.05) is 29.2 Å². The lowest BCUT2D eigenvalue weighted by Gasteiger charge is -2.32. The monoisotopic (exact) mass is 494 g/mol. The number of halogens is 2. The third kappa shape index (κ3) is 5.73. The van der Waals surface area contributed by atoms with Crippen molar-refractivity contribution in [2.45, 2.75) is 39.7 Å². The number of carbonyl (C=O) groups excluding carboxylic acids is 1. The molecule has 2 heterocycles. The Balaban J connectivity index is 1.61. The number of benzene rings is 2. The van der Waals surface area contributed by atoms with Crippen molar-refractivity contribution in [3.8, 4) is 11.3 Å². The summed E-state index contributed by atoms with van der Waals surface area (Å²) in [6.45, 7) is 13.1. The van der Waals surface area contributed by atoms with Gasteiger partial charge in [-0.2, -0.15) is 0 Å². The summed E-state index contributed by atoms with van der Waals surface area (Å²) in [5, 5.41) is 0.772. The van der Waals surface area contributed by atoms with Crippen molar-refractivity contribution in [2.24, 2.45) is 0 Å². The molecule has 7 heteroatoms. The van der Waals surface area contributed by atoms with E-state index < -0.39 is 11.6 Å². The quantitative estimate of drug-likeness (QED) is 0.376. The van der Waals surface area contributed by atoms with Gasteiger partial charge >= 0.3 is 0 Å². The van der Waals surface area contributed by atoms with Crippen molar-refractivity contribution in [1.82, 2.24) is 19.7 Å². The van der Waals surface area contributed by atoms with Crippen LogP contribution in [0.15, 0.2) is 48.5 Å². The van der Waals surface area contributed by atoms with Gasteiger partial charge in [0.05, 0.1) is 16.8 Å². The summed E-state index contributed by atoms with van der Waals surface area (Å²) >= 11 is 0. The van der Waals surface area contributed by atoms with Gasteiger partial charge in [-0.25, -0.2) is 13.8 Å². The van der Waals surface area contributed by atoms with Gasteiger partial charge < -0.3 is 14.7 Å². The lowest BCUT2D eigenvalue weighted by Crippen LogP contribution is -2.45. The number of nitrogens with zero attached hydrogens (tertiary/aromatic N) is 4. The lowest BCUT2D eigenvalue weighted by molar-refractivity contribution is 0.0699. The zero-order valence-electron chi connectivity index (χ0n) is 21.5. The first-order valence-electron chi connectivity index (χ1n) is 13.1. The largest absolute Gasteiger partial charge is 0.334 e. The van der Waals surface area contributed by atoms with Crippen LogP contribution in [0.1, 0.15) is 44.0 Å². The number of fused-ring (bicyclic) bond motifs is 1. The average molecular weight is 495 g/mol. The number of hydrogen-bond donors (Lipinski definition) is 0. The second kappa shape index (κ2) is 11.9. The van der Waals surface area contributed by atoms with E-state index in [9.17, 15) is 13.6 Å². The maximum Gasteiger partial charge on any atom is 0.254 e. The Morgan fingerprint density at radius 3 is 2.42 bits per heavy atom. The average Bonchev–Trinajstić information content (AvgIpc) is 3.37. The van der Waals surface area contributed by atoms with E-state index in [2.05, 4.69) is 35.6 Å². The summed E-state index contributed by atoms with van der Waals surface area (Å²) in [6, 6.07) is 13.1. The van der Waals surface area contributed by atoms with Gasteiger partial charge in [-0.1, -0.05) is 39.0 Å². The topological polar surface area (TPSA) is 39.7 Å². The highest BCUT2D eigenvalue weighted by molar-refractivity contribution is 6.07. The molecular formula is C29H36F2N4O. The SMILES string of the molecule is CCN(CC)CCN(CC)C[C@H]1CCCN1C(=O)c1cc(-c2ccc(F)c(F)c2)nc2ccccc12. The van der Waals surface area contributed by atoms with Gasteiger partial charge in [-0.15, -0.1) is 0 Å². The van der Waals surface area contributed by atoms with Crippen LogP contribution in [0.3, 0.4) is 0 Å². The third-order valence-corrected chi connectivity index (χ3v) is 7.34. The molecule has 0 unspecified atom stereocenters. The van der Waals surface area contributed by atoms with Crippen molar-refractivity contribution in [3.05, 3.63) is 65.7 Å². The molecule has 0 saturated carbocycles. The van der Waals surface area contributed by atoms with Crippen LogP contribution in [0, 0.1) is 11.6 Å². The van der Waals surface area contributed by atoms with E-state index >= 15 is 0 Å². The summed E-state index contributed by atoms with van der Waals surface area (Å²) in [5.74, 6) is -1.86. The number of likely N-dealkylation sites (tertiary alicyclic amines) is 1. The minimum atomic E-state index is -0.931. The van der Waals surface area contributed by atoms with E-state index in [1.165, 1.54) is 6.07 Å². The summed E-state index contributed by atoms with van der Waals surface area (Å²) < 4.78 is 27.5. The van der Waals surface area contributed by atoms with Crippen LogP contribution >= 0.6 is 0 Å². The Kier molecular flexibility index (Phi) is 8.64. The second-order valence-corrected chi connectivity index (χ2v) is 9.42. The molecule has 0 bridgehead atoms. The Morgan fingerprint density at radius 1 is 0.972 bits per heavy atom. The fourth-order valence-corrected chi connectivity index (χ4v) is 5.10. The van der Waals surface area contributed by atoms with Crippen molar-refractivity contribution < 1.29 is 13.6 Å². The summed E-state index contributed by atoms with van der Waals surface area (Å²) in [6.07, 6.45) is 1.95. The molecule has 1 aliphatic heterocycles. The molecule has 5 nitrogen and oxygen atoms in total. The van der Waals surface area contributed by atoms with Crippen LogP contribution in [-0.2, 0) is 0 Å². The standard InChI is InChI=1S/C29H36F2N4O/c1-4-33(5-2)16-17-34(6-3)20-22-10-9-15-35(22)29(36)24-19-28(21-13-14-25(30)26(31)18-21)32-27-12-8-7-11-23(24)27/h7-8,11-14,18-19,22H,4-6,9-10,15-17,20H2,1-3H3/t22-/m1/s1. The number of rotatable bonds is 10. The molecule has 192 valence electrons. The zero-order valence-corrected chi connectivity index (χ0v) is 21.5. The number of para-hydroxylation sites is 1. The predicted molar refractivity (Wildman–Crippen MR) is 141 cm³/mol. The molecule has 0 aliphatic carbocycles. The van der Waals surface area contributed by atoms with Gasteiger partial charge in [0, 0.05) is 43.2 Å². The Bertz CT molecular complexity index is 1200. The Morgan fingerprint density at radius 2 is 1.69 bits per heavy atom. The maximum absolute atomic E-state index is 14.0. The Hall–Kier alpha value is -2.90. The molecule has 3 aromatic rings. The Labute approximate surface area is 212 Å². The van der Waals surface area contributed by atoms with E-state index in [0.29, 0.717) is 28.9 Å². The van der Waals surface area contributed by atoms with E-state index in [0.717, 1.165) is 69.6 Å². The van der Waals surface area contributed by atoms with Crippen LogP contribution in [0.5, 0.6) is 0 Å². The first-order valence-corrected chi connectivity index (χ1v) is 13.1. The molecule has 2 aromatic carbocycles. The number of aromatic nitrogens is 1. The first kappa shape index (κ1) is 26.2. The van der Waals surface area contributed by atoms with Gasteiger partial charge in [0.2, 0.25) is 0 Å². The summed E-state index contributed by atoms with van der Waals surface area (Å²) in [5.41, 5.74) is 2.12. The van der Waals surface area contributed by atoms with E-state index in [4.69, 9.17) is 0 Å². The smallest absolute Gasteiger partial charge is 0.254 e. The van der Waals surface area contributed by atoms with Gasteiger partial charge in [0.15, 0.2) is 11.6 Å². The fourth-order valence-electron chi connectivity index (χ4n) is 5.10. The molecule has 1 saturated heterocycles. The minimum absolute atomic E-state index is 0.0280. The highest BCUT2D eigenvalue weighted by Gasteiger charge is 2.31. The molecular weight excluding hydrogens is 458 g/mol. The number of pyridine rings is 1. The molecule has 0 spiro atoms. The van der Waals surface area contributed by atoms with Crippen molar-refractivity contribution in [3.63, 3.8) is 0 Å². The number of hydrogen-bond acceptors (Lipinski definition) is 4. The fraction of sp³-hybridized carbons (Fsp3) is 0.448. The lowest BCUT2D eigenvalue weighted by atomic mass is 10.0. The number of amides is 1. The van der Waals surface area contributed by atoms with Gasteiger partial charge in [0.25, 0.3) is 5.91 Å². The van der Waals surface area contributed by atoms with Crippen LogP contribution in [0.2, 0.25) is 0 Å². The highest BCUT2D eigenvalue weighted by atomic mass is 19.2. The molecule has 1 amide bonds. The molecule has 1 fully saturated rings. The molecule has 4 rings (SSSR count). The second-order valence-electron chi connectivity index (χ2n) is 9.42. The van der Waals surface area contributed by atoms with Crippen molar-refractivity contribution in [2.75, 3.05) is 45.8 Å². The van der Waals surface area contributed by atoms with Crippen LogP contribution in [-0.4, -0.2) is 77.4 Å². The third-order valence-electron chi connectivity index (χ3n) is 7.34. The summed E-state index contributed by atoms with van der Waals surface area (Å²) in [4.78, 5) is 25.4. The van der Waals surface area contributed by atoms with Crippen molar-refractivity contribution >= 4 is 16.8 Å². The molecule has 1 aliphatic rings. The predicted octanol–water partition coefficient (Wildman–Crippen LogP) is 5.45. The number of carbonyl (C=O) groups is 1. The maximum atomic E-state index is 14.0. The van der Waals surface area contributed by atoms with Crippen LogP contribution < -0.4 is 0 Å². The highest BCUT2D eigenvalue weighted by Crippen LogP contribution is 2.29. The van der Waals surface area contributed by atoms with Gasteiger partial charge in [-0.05, 0) is 62.8 Å². The van der Waals surface area contributed by atoms with E-state index in [1.54, 1.807) is 6.07 Å². The van der Waals surface area contributed by atoms with Crippen LogP contribution in [0.4, 0.5) is 8.78 Å². The molecule has 1 atom stereocenters. The molecule has 1 aromatic heterocycles. The normalized spacial score (nSPS) is 16.0. The van der Waals surface area contributed by atoms with Crippen LogP contribution in [0.25, 0.3) is 22.2 Å². The minimum Gasteiger partial charge on any atom is -0.334 e. The van der Waals surface area contributed by atoms with Crippen molar-refractivity contribution in [1.29, 1.82) is 0 Å². The number of likely N-dealkylation sites (N-methyl/N-ethyl adjacent to an activating group) is 2. The summed E-state index contributed by atoms with van der Waals surface area (Å²) in [7, 11) is 0. The molecule has 0 N–H and O–H groups in total. The molecule has 36 heavy (non-hydrogen) atoms. The van der Waals surface area contributed by atoms with Gasteiger partial charge in [0.1, 0.15) is 0 Å². The zero-order chi connectivity index (χ0) is 25.7. The first-order chi connectivity index (χ1) is 17.4. The van der Waals surface area contributed by atoms with E-state index in [-0.39, 0.29) is 11.9 Å².